The largest absolute Gasteiger partial charge is 0.469 e. The molecule has 98 valence electrons. The lowest BCUT2D eigenvalue weighted by atomic mass is 9.88. The van der Waals surface area contributed by atoms with E-state index in [0.717, 1.165) is 45.2 Å². The Hall–Kier alpha value is -0.610. The summed E-state index contributed by atoms with van der Waals surface area (Å²) in [5.41, 5.74) is 0. The Morgan fingerprint density at radius 2 is 2.00 bits per heavy atom. The smallest absolute Gasteiger partial charge is 0.309 e. The van der Waals surface area contributed by atoms with Crippen molar-refractivity contribution in [2.24, 2.45) is 5.92 Å². The molecule has 0 aromatic carbocycles. The molecule has 1 aliphatic heterocycles. The molecule has 17 heavy (non-hydrogen) atoms. The lowest BCUT2D eigenvalue weighted by molar-refractivity contribution is -0.148. The van der Waals surface area contributed by atoms with Crippen LogP contribution in [-0.4, -0.2) is 48.3 Å². The molecular formula is C13H23NO3. The number of nitrogens with zero attached hydrogens (tertiary/aromatic N) is 1. The maximum atomic E-state index is 11.6. The number of hydrogen-bond donors (Lipinski definition) is 1. The van der Waals surface area contributed by atoms with Gasteiger partial charge in [0, 0.05) is 12.6 Å². The number of rotatable bonds is 2. The van der Waals surface area contributed by atoms with Crippen LogP contribution in [0, 0.1) is 5.92 Å². The van der Waals surface area contributed by atoms with Gasteiger partial charge in [0.2, 0.25) is 0 Å². The third kappa shape index (κ3) is 2.99. The lowest BCUT2D eigenvalue weighted by Gasteiger charge is -2.41. The van der Waals surface area contributed by atoms with E-state index in [-0.39, 0.29) is 24.0 Å². The molecule has 0 bridgehead atoms. The molecule has 2 rings (SSSR count). The van der Waals surface area contributed by atoms with Gasteiger partial charge < -0.3 is 9.84 Å². The highest BCUT2D eigenvalue weighted by atomic mass is 16.5. The van der Waals surface area contributed by atoms with E-state index in [9.17, 15) is 9.90 Å². The van der Waals surface area contributed by atoms with Gasteiger partial charge in [0.1, 0.15) is 0 Å². The Morgan fingerprint density at radius 3 is 2.71 bits per heavy atom. The van der Waals surface area contributed by atoms with Crippen LogP contribution >= 0.6 is 0 Å². The van der Waals surface area contributed by atoms with Crippen LogP contribution in [0.5, 0.6) is 0 Å². The van der Waals surface area contributed by atoms with Crippen LogP contribution in [0.15, 0.2) is 0 Å². The van der Waals surface area contributed by atoms with Gasteiger partial charge in [-0.2, -0.15) is 0 Å². The highest BCUT2D eigenvalue weighted by molar-refractivity contribution is 5.72. The maximum absolute atomic E-state index is 11.6. The second-order valence-electron chi connectivity index (χ2n) is 5.28. The van der Waals surface area contributed by atoms with Gasteiger partial charge in [0.15, 0.2) is 0 Å². The first-order valence-electron chi connectivity index (χ1n) is 6.72. The molecule has 4 heteroatoms. The minimum atomic E-state index is -0.208. The van der Waals surface area contributed by atoms with E-state index < -0.39 is 0 Å². The fourth-order valence-corrected chi connectivity index (χ4v) is 3.18. The van der Waals surface area contributed by atoms with Crippen molar-refractivity contribution in [1.29, 1.82) is 0 Å². The summed E-state index contributed by atoms with van der Waals surface area (Å²) in [6, 6.07) is 0.260. The molecular weight excluding hydrogens is 218 g/mol. The Bertz CT molecular complexity index is 269. The van der Waals surface area contributed by atoms with Crippen molar-refractivity contribution < 1.29 is 14.6 Å². The van der Waals surface area contributed by atoms with E-state index >= 15 is 0 Å². The fourth-order valence-electron chi connectivity index (χ4n) is 3.18. The van der Waals surface area contributed by atoms with E-state index in [2.05, 4.69) is 4.90 Å². The molecule has 2 fully saturated rings. The molecule has 1 heterocycles. The summed E-state index contributed by atoms with van der Waals surface area (Å²) >= 11 is 0. The number of ether oxygens (including phenoxy) is 1. The number of aliphatic hydroxyl groups is 1. The maximum Gasteiger partial charge on any atom is 0.309 e. The first kappa shape index (κ1) is 12.8. The van der Waals surface area contributed by atoms with E-state index in [0.29, 0.717) is 0 Å². The Kier molecular flexibility index (Phi) is 4.40. The summed E-state index contributed by atoms with van der Waals surface area (Å²) in [6.07, 6.45) is 6.04. The number of carbonyl (C=O) groups is 1. The monoisotopic (exact) mass is 241 g/mol. The van der Waals surface area contributed by atoms with Crippen LogP contribution in [-0.2, 0) is 9.53 Å². The minimum Gasteiger partial charge on any atom is -0.469 e. The summed E-state index contributed by atoms with van der Waals surface area (Å²) in [5, 5.41) is 10.0. The molecule has 3 unspecified atom stereocenters. The third-order valence-corrected chi connectivity index (χ3v) is 4.15. The first-order valence-corrected chi connectivity index (χ1v) is 6.72. The van der Waals surface area contributed by atoms with Crippen molar-refractivity contribution in [2.45, 2.75) is 50.7 Å². The molecule has 1 N–H and O–H groups in total. The molecule has 1 saturated heterocycles. The molecule has 4 nitrogen and oxygen atoms in total. The Balaban J connectivity index is 1.94. The minimum absolute atomic E-state index is 0.00266. The molecule has 0 aromatic rings. The molecule has 2 aliphatic rings. The molecule has 0 aromatic heterocycles. The normalized spacial score (nSPS) is 35.5. The van der Waals surface area contributed by atoms with Crippen molar-refractivity contribution in [1.82, 2.24) is 4.90 Å². The molecule has 0 radical (unpaired) electrons. The van der Waals surface area contributed by atoms with Gasteiger partial charge >= 0.3 is 5.97 Å². The van der Waals surface area contributed by atoms with Crippen molar-refractivity contribution in [3.05, 3.63) is 0 Å². The molecule has 0 amide bonds. The number of methoxy groups -OCH3 is 1. The van der Waals surface area contributed by atoms with Gasteiger partial charge in [0.25, 0.3) is 0 Å². The van der Waals surface area contributed by atoms with Gasteiger partial charge in [-0.3, -0.25) is 9.69 Å². The molecule has 0 spiro atoms. The van der Waals surface area contributed by atoms with Crippen LogP contribution in [0.3, 0.4) is 0 Å². The highest BCUT2D eigenvalue weighted by Crippen LogP contribution is 2.27. The molecule has 1 aliphatic carbocycles. The van der Waals surface area contributed by atoms with Crippen LogP contribution in [0.4, 0.5) is 0 Å². The van der Waals surface area contributed by atoms with Crippen LogP contribution in [0.25, 0.3) is 0 Å². The quantitative estimate of drug-likeness (QED) is 0.737. The summed E-state index contributed by atoms with van der Waals surface area (Å²) in [4.78, 5) is 13.9. The number of piperidine rings is 1. The number of carbonyl (C=O) groups excluding carboxylic acids is 1. The lowest BCUT2D eigenvalue weighted by Crippen LogP contribution is -2.50. The zero-order valence-electron chi connectivity index (χ0n) is 10.6. The van der Waals surface area contributed by atoms with Gasteiger partial charge in [-0.25, -0.2) is 0 Å². The van der Waals surface area contributed by atoms with Crippen LogP contribution < -0.4 is 0 Å². The summed E-state index contributed by atoms with van der Waals surface area (Å²) in [7, 11) is 1.46. The Morgan fingerprint density at radius 1 is 1.24 bits per heavy atom. The topological polar surface area (TPSA) is 49.8 Å². The number of hydrogen-bond acceptors (Lipinski definition) is 4. The predicted octanol–water partition coefficient (Wildman–Crippen LogP) is 1.17. The van der Waals surface area contributed by atoms with E-state index in [1.165, 1.54) is 13.5 Å². The fraction of sp³-hybridized carbons (Fsp3) is 0.923. The van der Waals surface area contributed by atoms with Crippen molar-refractivity contribution in [3.63, 3.8) is 0 Å². The second-order valence-corrected chi connectivity index (χ2v) is 5.28. The third-order valence-electron chi connectivity index (χ3n) is 4.15. The standard InChI is InChI=1S/C13H23NO3/c1-17-13(16)10-5-4-8-14(9-10)11-6-2-3-7-12(11)15/h10-12,15H,2-9H2,1H3. The van der Waals surface area contributed by atoms with Crippen LogP contribution in [0.1, 0.15) is 38.5 Å². The van der Waals surface area contributed by atoms with Gasteiger partial charge in [-0.15, -0.1) is 0 Å². The zero-order chi connectivity index (χ0) is 12.3. The number of likely N-dealkylation sites (tertiary alicyclic amines) is 1. The highest BCUT2D eigenvalue weighted by Gasteiger charge is 2.34. The Labute approximate surface area is 103 Å². The number of aliphatic hydroxyl groups excluding tert-OH is 1. The molecule has 3 atom stereocenters. The molecule has 1 saturated carbocycles. The predicted molar refractivity (Wildman–Crippen MR) is 64.6 cm³/mol. The number of esters is 1. The van der Waals surface area contributed by atoms with Crippen molar-refractivity contribution >= 4 is 5.97 Å². The average molecular weight is 241 g/mol. The van der Waals surface area contributed by atoms with E-state index in [1.54, 1.807) is 0 Å². The van der Waals surface area contributed by atoms with Gasteiger partial charge in [0.05, 0.1) is 19.1 Å². The van der Waals surface area contributed by atoms with E-state index in [1.807, 2.05) is 0 Å². The van der Waals surface area contributed by atoms with Crippen molar-refractivity contribution in [2.75, 3.05) is 20.2 Å². The SMILES string of the molecule is COC(=O)C1CCCN(C2CCCCC2O)C1. The van der Waals surface area contributed by atoms with Gasteiger partial charge in [-0.1, -0.05) is 12.8 Å². The van der Waals surface area contributed by atoms with Gasteiger partial charge in [-0.05, 0) is 32.2 Å². The zero-order valence-corrected chi connectivity index (χ0v) is 10.6. The summed E-state index contributed by atoms with van der Waals surface area (Å²) < 4.78 is 4.82. The summed E-state index contributed by atoms with van der Waals surface area (Å²) in [6.45, 7) is 1.77. The van der Waals surface area contributed by atoms with Crippen LogP contribution in [0.2, 0.25) is 0 Å². The van der Waals surface area contributed by atoms with E-state index in [4.69, 9.17) is 4.74 Å². The second kappa shape index (κ2) is 5.83. The first-order chi connectivity index (χ1) is 8.22. The van der Waals surface area contributed by atoms with Crippen molar-refractivity contribution in [3.8, 4) is 0 Å². The average Bonchev–Trinajstić information content (AvgIpc) is 2.38. The summed E-state index contributed by atoms with van der Waals surface area (Å²) in [5.74, 6) is -0.0946.